The van der Waals surface area contributed by atoms with Crippen molar-refractivity contribution in [3.63, 3.8) is 0 Å². The van der Waals surface area contributed by atoms with Gasteiger partial charge in [0.05, 0.1) is 0 Å². The maximum absolute atomic E-state index is 2.67. The third-order valence-electron chi connectivity index (χ3n) is 16.3. The van der Waals surface area contributed by atoms with E-state index in [-0.39, 0.29) is 10.8 Å². The molecule has 0 saturated heterocycles. The molecule has 0 N–H and O–H groups in total. The molecule has 6 saturated carbocycles. The number of nitrogens with zero attached hydrogens (tertiary/aromatic N) is 1. The fourth-order valence-corrected chi connectivity index (χ4v) is 14.7. The van der Waals surface area contributed by atoms with Crippen LogP contribution in [-0.4, -0.2) is 0 Å². The van der Waals surface area contributed by atoms with Crippen molar-refractivity contribution in [1.29, 1.82) is 0 Å². The van der Waals surface area contributed by atoms with Gasteiger partial charge in [0.2, 0.25) is 0 Å². The highest BCUT2D eigenvalue weighted by Gasteiger charge is 2.62. The molecule has 6 aromatic rings. The number of hydrogen-bond acceptors (Lipinski definition) is 1. The number of rotatable bonds is 4. The minimum Gasteiger partial charge on any atom is -0.310 e. The zero-order valence-corrected chi connectivity index (χ0v) is 31.1. The summed E-state index contributed by atoms with van der Waals surface area (Å²) in [6, 6.07) is 54.4. The van der Waals surface area contributed by atoms with Crippen LogP contribution in [0.5, 0.6) is 0 Å². The van der Waals surface area contributed by atoms with Crippen LogP contribution in [0.15, 0.2) is 140 Å². The SMILES string of the molecule is c1ccc(-c2ccc(N(c3ccc4c(c3)-c3ccccc3[C@]43CC4CCC3C4)c3ccc4c(c3)[C@]3(c5ccccc5-4)[C@@H]4CC5C[C@@H](C4)C[C@H]3C5)cc2)cc1. The predicted molar refractivity (Wildman–Crippen MR) is 221 cm³/mol. The summed E-state index contributed by atoms with van der Waals surface area (Å²) in [5.41, 5.74) is 19.0. The zero-order valence-electron chi connectivity index (χ0n) is 31.1. The van der Waals surface area contributed by atoms with E-state index in [1.807, 2.05) is 0 Å². The summed E-state index contributed by atoms with van der Waals surface area (Å²) in [7, 11) is 0. The maximum Gasteiger partial charge on any atom is 0.0468 e. The molecule has 1 nitrogen and oxygen atoms in total. The highest BCUT2D eigenvalue weighted by molar-refractivity contribution is 5.90. The number of benzene rings is 6. The third kappa shape index (κ3) is 3.86. The topological polar surface area (TPSA) is 3.24 Å². The lowest BCUT2D eigenvalue weighted by Crippen LogP contribution is -2.55. The van der Waals surface area contributed by atoms with Gasteiger partial charge >= 0.3 is 0 Å². The van der Waals surface area contributed by atoms with Gasteiger partial charge in [-0.3, -0.25) is 0 Å². The summed E-state index contributed by atoms with van der Waals surface area (Å²) in [5, 5.41) is 0. The lowest BCUT2D eigenvalue weighted by molar-refractivity contribution is -0.0399. The molecular weight excluding hydrogens is 651 g/mol. The van der Waals surface area contributed by atoms with Crippen LogP contribution in [0.25, 0.3) is 33.4 Å². The van der Waals surface area contributed by atoms with Crippen LogP contribution in [0.3, 0.4) is 0 Å². The number of hydrogen-bond donors (Lipinski definition) is 0. The Bertz CT molecular complexity index is 2460. The normalized spacial score (nSPS) is 31.2. The van der Waals surface area contributed by atoms with Gasteiger partial charge in [0.1, 0.15) is 0 Å². The predicted octanol–water partition coefficient (Wildman–Crippen LogP) is 13.6. The Balaban J connectivity index is 1.00. The van der Waals surface area contributed by atoms with Crippen molar-refractivity contribution >= 4 is 17.1 Å². The van der Waals surface area contributed by atoms with Gasteiger partial charge < -0.3 is 4.90 Å². The van der Waals surface area contributed by atoms with E-state index in [0.717, 1.165) is 35.5 Å². The minimum absolute atomic E-state index is 0.142. The molecule has 6 aromatic carbocycles. The molecule has 0 radical (unpaired) electrons. The smallest absolute Gasteiger partial charge is 0.0468 e. The molecule has 54 heavy (non-hydrogen) atoms. The fourth-order valence-electron chi connectivity index (χ4n) is 14.7. The maximum atomic E-state index is 2.67. The van der Waals surface area contributed by atoms with Gasteiger partial charge in [0.15, 0.2) is 0 Å². The molecule has 8 aliphatic carbocycles. The molecule has 0 amide bonds. The summed E-state index contributed by atoms with van der Waals surface area (Å²) >= 11 is 0. The van der Waals surface area contributed by atoms with Crippen LogP contribution in [-0.2, 0) is 10.8 Å². The first kappa shape index (κ1) is 30.4. The molecule has 2 spiro atoms. The molecule has 264 valence electrons. The summed E-state index contributed by atoms with van der Waals surface area (Å²) < 4.78 is 0. The molecule has 14 rings (SSSR count). The van der Waals surface area contributed by atoms with E-state index in [2.05, 4.69) is 144 Å². The van der Waals surface area contributed by atoms with E-state index >= 15 is 0 Å². The van der Waals surface area contributed by atoms with Crippen molar-refractivity contribution in [3.05, 3.63) is 162 Å². The molecule has 3 atom stereocenters. The monoisotopic (exact) mass is 697 g/mol. The summed E-state index contributed by atoms with van der Waals surface area (Å²) in [4.78, 5) is 2.59. The van der Waals surface area contributed by atoms with Crippen molar-refractivity contribution in [1.82, 2.24) is 0 Å². The molecule has 0 heterocycles. The van der Waals surface area contributed by atoms with Gasteiger partial charge in [-0.15, -0.1) is 0 Å². The average molecular weight is 698 g/mol. The molecule has 0 aromatic heterocycles. The first-order chi connectivity index (χ1) is 26.7. The summed E-state index contributed by atoms with van der Waals surface area (Å²) in [5.74, 6) is 5.02. The largest absolute Gasteiger partial charge is 0.310 e. The first-order valence-corrected chi connectivity index (χ1v) is 21.1. The van der Waals surface area contributed by atoms with E-state index < -0.39 is 0 Å². The Morgan fingerprint density at radius 2 is 0.963 bits per heavy atom. The standard InChI is InChI=1S/C53H47N/c1-2-8-36(9-3-1)37-15-18-41(19-16-37)54(42-21-23-49-47(30-42)45-11-4-6-12-48(45)52(49)32-33-14-17-38(52)25-33)43-20-22-46-44-10-5-7-13-50(44)53(51(46)31-43)39-26-34-24-35(28-39)29-40(53)27-34/h1-13,15-16,18-23,30-31,33-35,38-40H,14,17,24-29,32H2/t33?,34-,35?,38?,39-,40-,52+,53+/m0/s1. The third-order valence-corrected chi connectivity index (χ3v) is 16.3. The van der Waals surface area contributed by atoms with Crippen molar-refractivity contribution < 1.29 is 0 Å². The minimum atomic E-state index is 0.142. The second-order valence-electron chi connectivity index (χ2n) is 18.5. The van der Waals surface area contributed by atoms with E-state index in [4.69, 9.17) is 0 Å². The van der Waals surface area contributed by atoms with Gasteiger partial charge in [-0.2, -0.15) is 0 Å². The van der Waals surface area contributed by atoms with Gasteiger partial charge in [-0.05, 0) is 179 Å². The van der Waals surface area contributed by atoms with Crippen molar-refractivity contribution in [2.75, 3.05) is 4.90 Å². The van der Waals surface area contributed by atoms with Gasteiger partial charge in [-0.25, -0.2) is 0 Å². The second-order valence-corrected chi connectivity index (χ2v) is 18.5. The lowest BCUT2D eigenvalue weighted by Gasteiger charge is -2.61. The number of anilines is 3. The molecular formula is C53H47N. The van der Waals surface area contributed by atoms with E-state index in [9.17, 15) is 0 Å². The van der Waals surface area contributed by atoms with Crippen molar-refractivity contribution in [2.45, 2.75) is 68.6 Å². The van der Waals surface area contributed by atoms with Crippen LogP contribution >= 0.6 is 0 Å². The van der Waals surface area contributed by atoms with Crippen LogP contribution in [0.4, 0.5) is 17.1 Å². The Kier molecular flexibility index (Phi) is 6.13. The molecule has 1 heteroatoms. The molecule has 0 aliphatic heterocycles. The van der Waals surface area contributed by atoms with Gasteiger partial charge in [0.25, 0.3) is 0 Å². The van der Waals surface area contributed by atoms with E-state index in [1.165, 1.54) is 108 Å². The highest BCUT2D eigenvalue weighted by Crippen LogP contribution is 2.70. The average Bonchev–Trinajstić information content (AvgIpc) is 3.97. The molecule has 6 bridgehead atoms. The molecule has 2 unspecified atom stereocenters. The Hall–Kier alpha value is -4.88. The lowest BCUT2D eigenvalue weighted by atomic mass is 9.43. The molecule has 8 aliphatic rings. The van der Waals surface area contributed by atoms with E-state index in [1.54, 1.807) is 22.3 Å². The van der Waals surface area contributed by atoms with Crippen LogP contribution in [0.1, 0.15) is 80.0 Å². The van der Waals surface area contributed by atoms with Crippen molar-refractivity contribution in [2.24, 2.45) is 35.5 Å². The Morgan fingerprint density at radius 3 is 1.69 bits per heavy atom. The molecule has 6 fully saturated rings. The Morgan fingerprint density at radius 1 is 0.389 bits per heavy atom. The van der Waals surface area contributed by atoms with Gasteiger partial charge in [0, 0.05) is 27.9 Å². The highest BCUT2D eigenvalue weighted by atomic mass is 15.1. The fraction of sp³-hybridized carbons (Fsp3) is 0.321. The van der Waals surface area contributed by atoms with Gasteiger partial charge in [-0.1, -0.05) is 110 Å². The number of fused-ring (bicyclic) bond motifs is 11. The van der Waals surface area contributed by atoms with Crippen LogP contribution in [0.2, 0.25) is 0 Å². The Labute approximate surface area is 320 Å². The first-order valence-electron chi connectivity index (χ1n) is 21.1. The second kappa shape index (κ2) is 10.9. The van der Waals surface area contributed by atoms with Crippen LogP contribution < -0.4 is 4.90 Å². The zero-order chi connectivity index (χ0) is 35.2. The van der Waals surface area contributed by atoms with E-state index in [0.29, 0.717) is 0 Å². The summed E-state index contributed by atoms with van der Waals surface area (Å²) in [6.07, 6.45) is 12.6. The van der Waals surface area contributed by atoms with Crippen molar-refractivity contribution in [3.8, 4) is 33.4 Å². The summed E-state index contributed by atoms with van der Waals surface area (Å²) in [6.45, 7) is 0. The van der Waals surface area contributed by atoms with Crippen LogP contribution in [0, 0.1) is 35.5 Å². The quantitative estimate of drug-likeness (QED) is 0.177.